The predicted octanol–water partition coefficient (Wildman–Crippen LogP) is 4.81. The van der Waals surface area contributed by atoms with Gasteiger partial charge in [0.1, 0.15) is 18.8 Å². The first-order chi connectivity index (χ1) is 23.2. The molecule has 1 unspecified atom stereocenters. The number of aliphatic hydroxyl groups excluding tert-OH is 1. The zero-order valence-electron chi connectivity index (χ0n) is 25.7. The van der Waals surface area contributed by atoms with Crippen LogP contribution in [-0.2, 0) is 43.0 Å². The number of Topliss-reactive ketones (excluding diaryl/α,β-unsaturated/α-hetero) is 1. The number of aliphatic hydroxyl groups is 1. The highest BCUT2D eigenvalue weighted by molar-refractivity contribution is 7.94. The minimum Gasteiger partial charge on any atom is -0.511 e. The lowest BCUT2D eigenvalue weighted by Crippen LogP contribution is -2.36. The van der Waals surface area contributed by atoms with Crippen LogP contribution in [0.4, 0.5) is 5.69 Å². The van der Waals surface area contributed by atoms with E-state index in [1.54, 1.807) is 12.1 Å². The van der Waals surface area contributed by atoms with Gasteiger partial charge in [0, 0.05) is 103 Å². The van der Waals surface area contributed by atoms with E-state index < -0.39 is 16.0 Å². The molecule has 0 aromatic heterocycles. The highest BCUT2D eigenvalue weighted by atomic mass is 32.2. The van der Waals surface area contributed by atoms with Gasteiger partial charge < -0.3 is 10.0 Å². The summed E-state index contributed by atoms with van der Waals surface area (Å²) in [7, 11) is -4.10. The third kappa shape index (κ3) is 13.4. The SMILES string of the molecule is O=C1C(c2ccc(N(CCCSOOO)CCCSOOO)cc2)=C(O)C1C1C=CC(=[N+](CCCSOOO)CCCS(=O)(=O)O)C=C1. The number of ketones is 1. The first kappa shape index (κ1) is 40.4. The molecular weight excluding hydrogens is 717 g/mol. The number of hydrogen-bond acceptors (Lipinski definition) is 17. The highest BCUT2D eigenvalue weighted by Crippen LogP contribution is 2.42. The number of rotatable bonds is 25. The molecule has 1 aromatic rings. The van der Waals surface area contributed by atoms with Gasteiger partial charge in [-0.25, -0.2) is 20.3 Å². The molecule has 0 saturated heterocycles. The van der Waals surface area contributed by atoms with E-state index in [-0.39, 0.29) is 35.2 Å². The number of carbonyl (C=O) groups excluding carboxylic acids is 1. The summed E-state index contributed by atoms with van der Waals surface area (Å²) in [5, 5.41) is 46.7. The summed E-state index contributed by atoms with van der Waals surface area (Å²) in [5.74, 6) is -0.0454. The van der Waals surface area contributed by atoms with Gasteiger partial charge in [0.2, 0.25) is 0 Å². The molecule has 0 heterocycles. The van der Waals surface area contributed by atoms with Crippen LogP contribution in [0, 0.1) is 11.8 Å². The lowest BCUT2D eigenvalue weighted by molar-refractivity contribution is -0.526. The Morgan fingerprint density at radius 3 is 1.81 bits per heavy atom. The Morgan fingerprint density at radius 2 is 1.31 bits per heavy atom. The number of anilines is 1. The minimum atomic E-state index is -4.10. The van der Waals surface area contributed by atoms with Crippen molar-refractivity contribution in [2.75, 3.05) is 54.1 Å². The van der Waals surface area contributed by atoms with Crippen molar-refractivity contribution in [1.29, 1.82) is 0 Å². The molecule has 2 aliphatic rings. The van der Waals surface area contributed by atoms with Crippen molar-refractivity contribution in [1.82, 2.24) is 0 Å². The van der Waals surface area contributed by atoms with Crippen molar-refractivity contribution in [3.8, 4) is 0 Å². The van der Waals surface area contributed by atoms with Crippen molar-refractivity contribution >= 4 is 69.0 Å². The summed E-state index contributed by atoms with van der Waals surface area (Å²) >= 11 is 2.85. The van der Waals surface area contributed by atoms with E-state index in [2.05, 4.69) is 33.0 Å². The summed E-state index contributed by atoms with van der Waals surface area (Å²) in [6.45, 7) is 2.17. The van der Waals surface area contributed by atoms with Gasteiger partial charge in [0.05, 0.1) is 17.2 Å². The van der Waals surface area contributed by atoms with Crippen LogP contribution >= 0.6 is 36.1 Å². The largest absolute Gasteiger partial charge is 0.511 e. The second kappa shape index (κ2) is 21.9. The second-order valence-electron chi connectivity index (χ2n) is 10.4. The molecule has 0 bridgehead atoms. The maximum Gasteiger partial charge on any atom is 0.265 e. The number of carbonyl (C=O) groups is 1. The van der Waals surface area contributed by atoms with Crippen LogP contribution in [0.3, 0.4) is 0 Å². The van der Waals surface area contributed by atoms with E-state index in [1.165, 1.54) is 0 Å². The standard InChI is InChI=1S/C28H38N2O14S4/c31-27-25(21-5-9-23(10-6-21)29(13-1-17-45-42-39-33)14-2-18-46-43-40-34)28(32)26(27)22-7-11-24(12-8-22)30(15-3-19-47-44-41-35)16-4-20-48(36,37)38/h5-12,22,26H,1-4,13-20H2,(H4-,31,33,34,35,36,37,38)/p+1. The van der Waals surface area contributed by atoms with E-state index >= 15 is 0 Å². The molecule has 268 valence electrons. The summed E-state index contributed by atoms with van der Waals surface area (Å²) in [4.78, 5) is 15.4. The highest BCUT2D eigenvalue weighted by Gasteiger charge is 2.44. The zero-order chi connectivity index (χ0) is 34.8. The van der Waals surface area contributed by atoms with Crippen LogP contribution in [0.5, 0.6) is 0 Å². The third-order valence-electron chi connectivity index (χ3n) is 7.36. The molecule has 48 heavy (non-hydrogen) atoms. The molecule has 0 aliphatic heterocycles. The second-order valence-corrected chi connectivity index (χ2v) is 14.3. The molecule has 0 spiro atoms. The quantitative estimate of drug-likeness (QED) is 0.0226. The monoisotopic (exact) mass is 755 g/mol. The third-order valence-corrected chi connectivity index (χ3v) is 10.0. The lowest BCUT2D eigenvalue weighted by atomic mass is 9.71. The van der Waals surface area contributed by atoms with E-state index in [1.807, 2.05) is 41.0 Å². The number of benzene rings is 1. The summed E-state index contributed by atoms with van der Waals surface area (Å²) in [6.07, 6.45) is 9.53. The minimum absolute atomic E-state index is 0.00625. The molecule has 0 radical (unpaired) electrons. The summed E-state index contributed by atoms with van der Waals surface area (Å²) < 4.78 is 46.7. The van der Waals surface area contributed by atoms with Gasteiger partial charge in [-0.05, 0) is 30.5 Å². The average molecular weight is 756 g/mol. The Morgan fingerprint density at radius 1 is 0.792 bits per heavy atom. The first-order valence-corrected chi connectivity index (χ1v) is 19.1. The Balaban J connectivity index is 1.67. The average Bonchev–Trinajstić information content (AvgIpc) is 3.06. The molecule has 3 rings (SSSR count). The van der Waals surface area contributed by atoms with Crippen molar-refractivity contribution in [3.05, 3.63) is 59.9 Å². The van der Waals surface area contributed by atoms with Crippen molar-refractivity contribution in [3.63, 3.8) is 0 Å². The molecule has 5 N–H and O–H groups in total. The fourth-order valence-electron chi connectivity index (χ4n) is 5.23. The van der Waals surface area contributed by atoms with E-state index in [9.17, 15) is 18.3 Å². The molecular formula is C28H39N2O14S4+. The van der Waals surface area contributed by atoms with E-state index in [0.29, 0.717) is 68.3 Å². The topological polar surface area (TPSA) is 214 Å². The fraction of sp³-hybridized carbons (Fsp3) is 0.500. The predicted molar refractivity (Wildman–Crippen MR) is 180 cm³/mol. The number of allylic oxidation sites excluding steroid dienone is 6. The number of nitrogens with zero attached hydrogens (tertiary/aromatic N) is 2. The molecule has 2 aliphatic carbocycles. The van der Waals surface area contributed by atoms with Gasteiger partial charge in [-0.2, -0.15) is 8.42 Å². The molecule has 1 atom stereocenters. The summed E-state index contributed by atoms with van der Waals surface area (Å²) in [6, 6.07) is 7.32. The van der Waals surface area contributed by atoms with Crippen LogP contribution in [0.25, 0.3) is 5.57 Å². The Kier molecular flexibility index (Phi) is 18.5. The molecule has 0 fully saturated rings. The molecule has 20 heteroatoms. The van der Waals surface area contributed by atoms with E-state index in [4.69, 9.17) is 20.3 Å². The van der Waals surface area contributed by atoms with Gasteiger partial charge >= 0.3 is 0 Å². The van der Waals surface area contributed by atoms with Gasteiger partial charge in [-0.15, -0.1) is 13.0 Å². The molecule has 16 nitrogen and oxygen atoms in total. The van der Waals surface area contributed by atoms with Gasteiger partial charge in [0.25, 0.3) is 10.1 Å². The van der Waals surface area contributed by atoms with Gasteiger partial charge in [0.15, 0.2) is 11.5 Å². The Hall–Kier alpha value is -2.02. The maximum absolute atomic E-state index is 13.3. The molecule has 1 aromatic carbocycles. The fourth-order valence-corrected chi connectivity index (χ4v) is 6.80. The lowest BCUT2D eigenvalue weighted by Gasteiger charge is -2.32. The van der Waals surface area contributed by atoms with Gasteiger partial charge in [-0.1, -0.05) is 39.4 Å². The van der Waals surface area contributed by atoms with E-state index in [0.717, 1.165) is 47.5 Å². The number of hydrogen-bond donors (Lipinski definition) is 5. The van der Waals surface area contributed by atoms with Crippen LogP contribution in [0.15, 0.2) is 54.3 Å². The summed E-state index contributed by atoms with van der Waals surface area (Å²) in [5.41, 5.74) is 2.54. The van der Waals surface area contributed by atoms with Crippen LogP contribution in [0.2, 0.25) is 0 Å². The van der Waals surface area contributed by atoms with Gasteiger partial charge in [-0.3, -0.25) is 9.35 Å². The van der Waals surface area contributed by atoms with Crippen LogP contribution < -0.4 is 4.90 Å². The smallest absolute Gasteiger partial charge is 0.265 e. The van der Waals surface area contributed by atoms with Crippen LogP contribution in [-0.4, -0.2) is 99.1 Å². The molecule has 0 amide bonds. The maximum atomic E-state index is 13.3. The normalized spacial score (nSPS) is 17.7. The van der Waals surface area contributed by atoms with Crippen molar-refractivity contribution in [2.45, 2.75) is 25.7 Å². The van der Waals surface area contributed by atoms with Crippen molar-refractivity contribution in [2.24, 2.45) is 11.8 Å². The van der Waals surface area contributed by atoms with Crippen molar-refractivity contribution < 1.29 is 71.3 Å². The Bertz CT molecular complexity index is 1360. The first-order valence-electron chi connectivity index (χ1n) is 14.8. The van der Waals surface area contributed by atoms with Crippen LogP contribution in [0.1, 0.15) is 31.2 Å². The Labute approximate surface area is 290 Å². The zero-order valence-corrected chi connectivity index (χ0v) is 29.0. The molecule has 0 saturated carbocycles.